The number of aliphatic carboxylic acids is 1. The molecule has 0 amide bonds. The molecule has 0 bridgehead atoms. The topological polar surface area (TPSA) is 55.8 Å². The van der Waals surface area contributed by atoms with Crippen molar-refractivity contribution in [2.24, 2.45) is 5.92 Å². The molecule has 0 radical (unpaired) electrons. The zero-order valence-corrected chi connectivity index (χ0v) is 13.2. The van der Waals surface area contributed by atoms with E-state index in [2.05, 4.69) is 0 Å². The van der Waals surface area contributed by atoms with E-state index in [1.165, 1.54) is 25.3 Å². The van der Waals surface area contributed by atoms with Gasteiger partial charge in [0.15, 0.2) is 5.79 Å². The van der Waals surface area contributed by atoms with Gasteiger partial charge < -0.3 is 14.6 Å². The van der Waals surface area contributed by atoms with Crippen LogP contribution in [0.4, 0.5) is 0 Å². The monoisotopic (exact) mass is 312 g/mol. The number of carboxylic acid groups (broad SMARTS) is 1. The third-order valence-electron chi connectivity index (χ3n) is 4.98. The molecule has 2 aliphatic carbocycles. The molecule has 1 aliphatic heterocycles. The minimum atomic E-state index is -0.973. The van der Waals surface area contributed by atoms with Crippen LogP contribution in [-0.2, 0) is 14.3 Å². The molecular weight excluding hydrogens is 292 g/mol. The number of fused-ring (bicyclic) bond motifs is 1. The molecule has 3 atom stereocenters. The van der Waals surface area contributed by atoms with Crippen LogP contribution in [0.25, 0.3) is 0 Å². The van der Waals surface area contributed by atoms with E-state index >= 15 is 0 Å². The minimum absolute atomic E-state index is 0.220. The Morgan fingerprint density at radius 3 is 2.52 bits per heavy atom. The van der Waals surface area contributed by atoms with Gasteiger partial charge in [-0.1, -0.05) is 30.9 Å². The van der Waals surface area contributed by atoms with Gasteiger partial charge in [0.2, 0.25) is 0 Å². The molecule has 116 valence electrons. The van der Waals surface area contributed by atoms with Crippen molar-refractivity contribution < 1.29 is 19.4 Å². The fourth-order valence-corrected chi connectivity index (χ4v) is 3.98. The van der Waals surface area contributed by atoms with Gasteiger partial charge in [0, 0.05) is 5.92 Å². The first kappa shape index (κ1) is 15.1. The van der Waals surface area contributed by atoms with Crippen LogP contribution in [0.3, 0.4) is 0 Å². The van der Waals surface area contributed by atoms with Gasteiger partial charge in [-0.15, -0.1) is 0 Å². The fraction of sp³-hybridized carbons (Fsp3) is 0.688. The third-order valence-corrected chi connectivity index (χ3v) is 5.30. The summed E-state index contributed by atoms with van der Waals surface area (Å²) in [6.07, 6.45) is 6.57. The number of hydrogen-bond acceptors (Lipinski definition) is 3. The summed E-state index contributed by atoms with van der Waals surface area (Å²) >= 11 is 6.25. The highest BCUT2D eigenvalue weighted by atomic mass is 35.5. The zero-order valence-electron chi connectivity index (χ0n) is 12.4. The van der Waals surface area contributed by atoms with Crippen molar-refractivity contribution in [3.05, 3.63) is 22.3 Å². The van der Waals surface area contributed by atoms with Crippen LogP contribution < -0.4 is 0 Å². The Hall–Kier alpha value is -0.840. The van der Waals surface area contributed by atoms with Crippen LogP contribution >= 0.6 is 11.6 Å². The van der Waals surface area contributed by atoms with Crippen molar-refractivity contribution in [1.82, 2.24) is 0 Å². The molecule has 4 nitrogen and oxygen atoms in total. The first-order valence-corrected chi connectivity index (χ1v) is 7.97. The number of halogens is 1. The molecule has 0 aromatic rings. The van der Waals surface area contributed by atoms with Gasteiger partial charge in [-0.3, -0.25) is 0 Å². The van der Waals surface area contributed by atoms with Gasteiger partial charge in [-0.05, 0) is 38.3 Å². The van der Waals surface area contributed by atoms with Crippen molar-refractivity contribution >= 4 is 17.6 Å². The lowest BCUT2D eigenvalue weighted by Crippen LogP contribution is -2.38. The van der Waals surface area contributed by atoms with E-state index in [1.807, 2.05) is 6.92 Å². The molecule has 1 heterocycles. The molecule has 3 aliphatic rings. The van der Waals surface area contributed by atoms with E-state index < -0.39 is 11.8 Å². The van der Waals surface area contributed by atoms with E-state index in [1.54, 1.807) is 6.92 Å². The molecule has 0 spiro atoms. The minimum Gasteiger partial charge on any atom is -0.478 e. The number of carboxylic acids is 1. The smallest absolute Gasteiger partial charge is 0.335 e. The quantitative estimate of drug-likeness (QED) is 0.846. The van der Waals surface area contributed by atoms with Gasteiger partial charge in [-0.2, -0.15) is 0 Å². The van der Waals surface area contributed by atoms with Crippen molar-refractivity contribution in [1.29, 1.82) is 0 Å². The third kappa shape index (κ3) is 2.54. The lowest BCUT2D eigenvalue weighted by molar-refractivity contribution is -0.199. The van der Waals surface area contributed by atoms with Crippen LogP contribution in [0.1, 0.15) is 46.0 Å². The summed E-state index contributed by atoms with van der Waals surface area (Å²) in [5.74, 6) is -1.29. The van der Waals surface area contributed by atoms with Gasteiger partial charge in [0.1, 0.15) is 12.2 Å². The maximum atomic E-state index is 11.3. The molecule has 1 saturated carbocycles. The van der Waals surface area contributed by atoms with Gasteiger partial charge in [0.25, 0.3) is 0 Å². The van der Waals surface area contributed by atoms with E-state index in [0.29, 0.717) is 16.5 Å². The molecular formula is C16H21ClO4. The summed E-state index contributed by atoms with van der Waals surface area (Å²) in [6, 6.07) is 0. The molecule has 1 saturated heterocycles. The summed E-state index contributed by atoms with van der Waals surface area (Å²) < 4.78 is 12.3. The molecule has 21 heavy (non-hydrogen) atoms. The fourth-order valence-electron chi connectivity index (χ4n) is 3.71. The highest BCUT2D eigenvalue weighted by molar-refractivity contribution is 6.31. The maximum Gasteiger partial charge on any atom is 0.335 e. The lowest BCUT2D eigenvalue weighted by atomic mass is 9.84. The average Bonchev–Trinajstić information content (AvgIpc) is 2.84. The molecule has 3 rings (SSSR count). The van der Waals surface area contributed by atoms with E-state index in [0.717, 1.165) is 12.8 Å². The maximum absolute atomic E-state index is 11.3. The highest BCUT2D eigenvalue weighted by Crippen LogP contribution is 2.47. The molecule has 1 N–H and O–H groups in total. The Kier molecular flexibility index (Phi) is 3.89. The van der Waals surface area contributed by atoms with Crippen molar-refractivity contribution in [2.45, 2.75) is 63.9 Å². The van der Waals surface area contributed by atoms with Crippen LogP contribution in [-0.4, -0.2) is 29.1 Å². The number of hydrogen-bond donors (Lipinski definition) is 1. The first-order chi connectivity index (χ1) is 9.92. The van der Waals surface area contributed by atoms with Crippen LogP contribution in [0.5, 0.6) is 0 Å². The van der Waals surface area contributed by atoms with E-state index in [4.69, 9.17) is 21.1 Å². The Labute approximate surface area is 129 Å². The SMILES string of the molecule is CC1=C(C(=O)O)C=C(Cl)C2O[C@@](C)(C3CCCCC3)OC12. The molecule has 2 unspecified atom stereocenters. The summed E-state index contributed by atoms with van der Waals surface area (Å²) in [7, 11) is 0. The van der Waals surface area contributed by atoms with Crippen LogP contribution in [0.2, 0.25) is 0 Å². The van der Waals surface area contributed by atoms with E-state index in [9.17, 15) is 9.90 Å². The second kappa shape index (κ2) is 5.41. The second-order valence-corrected chi connectivity index (χ2v) is 6.80. The molecule has 2 fully saturated rings. The van der Waals surface area contributed by atoms with Crippen LogP contribution in [0.15, 0.2) is 22.3 Å². The van der Waals surface area contributed by atoms with Gasteiger partial charge >= 0.3 is 5.97 Å². The Balaban J connectivity index is 1.88. The Morgan fingerprint density at radius 1 is 1.29 bits per heavy atom. The normalized spacial score (nSPS) is 37.4. The summed E-state index contributed by atoms with van der Waals surface area (Å²) in [4.78, 5) is 11.3. The highest BCUT2D eigenvalue weighted by Gasteiger charge is 2.52. The van der Waals surface area contributed by atoms with Crippen molar-refractivity contribution in [2.75, 3.05) is 0 Å². The molecule has 0 aromatic heterocycles. The summed E-state index contributed by atoms with van der Waals surface area (Å²) in [6.45, 7) is 3.76. The van der Waals surface area contributed by atoms with E-state index in [-0.39, 0.29) is 17.8 Å². The first-order valence-electron chi connectivity index (χ1n) is 7.59. The second-order valence-electron chi connectivity index (χ2n) is 6.36. The Morgan fingerprint density at radius 2 is 1.90 bits per heavy atom. The van der Waals surface area contributed by atoms with Crippen molar-refractivity contribution in [3.8, 4) is 0 Å². The zero-order chi connectivity index (χ0) is 15.2. The predicted molar refractivity (Wildman–Crippen MR) is 79.0 cm³/mol. The number of carbonyl (C=O) groups is 1. The number of ether oxygens (including phenoxy) is 2. The average molecular weight is 313 g/mol. The summed E-state index contributed by atoms with van der Waals surface area (Å²) in [5, 5.41) is 9.69. The standard InChI is InChI=1S/C16H21ClO4/c1-9-11(15(18)19)8-12(17)14-13(9)20-16(2,21-14)10-6-4-3-5-7-10/h8,10,13-14H,3-7H2,1-2H3,(H,18,19)/t13?,14?,16-/m0/s1. The Bertz CT molecular complexity index is 518. The molecule has 5 heteroatoms. The largest absolute Gasteiger partial charge is 0.478 e. The summed E-state index contributed by atoms with van der Waals surface area (Å²) in [5.41, 5.74) is 0.911. The molecule has 0 aromatic carbocycles. The predicted octanol–water partition coefficient (Wildman–Crippen LogP) is 3.60. The number of rotatable bonds is 2. The van der Waals surface area contributed by atoms with Crippen molar-refractivity contribution in [3.63, 3.8) is 0 Å². The van der Waals surface area contributed by atoms with Gasteiger partial charge in [-0.25, -0.2) is 4.79 Å². The van der Waals surface area contributed by atoms with Crippen LogP contribution in [0, 0.1) is 5.92 Å². The van der Waals surface area contributed by atoms with Gasteiger partial charge in [0.05, 0.1) is 10.6 Å². The lowest BCUT2D eigenvalue weighted by Gasteiger charge is -2.35.